The molecule has 122 valence electrons. The van der Waals surface area contributed by atoms with Gasteiger partial charge in [-0.15, -0.1) is 11.3 Å². The zero-order valence-corrected chi connectivity index (χ0v) is 14.1. The zero-order valence-electron chi connectivity index (χ0n) is 13.3. The molecule has 0 spiro atoms. The second kappa shape index (κ2) is 6.76. The van der Waals surface area contributed by atoms with Crippen LogP contribution in [0.25, 0.3) is 11.3 Å². The number of hydrogen-bond acceptors (Lipinski definition) is 5. The molecule has 0 fully saturated rings. The van der Waals surface area contributed by atoms with E-state index >= 15 is 0 Å². The Bertz CT molecular complexity index is 946. The monoisotopic (exact) mass is 340 g/mol. The summed E-state index contributed by atoms with van der Waals surface area (Å²) in [5.41, 5.74) is 2.44. The lowest BCUT2D eigenvalue weighted by atomic mass is 10.1. The summed E-state index contributed by atoms with van der Waals surface area (Å²) in [4.78, 5) is 28.3. The maximum Gasteiger partial charge on any atom is 0.276 e. The molecule has 6 nitrogen and oxygen atoms in total. The Balaban J connectivity index is 1.83. The number of nitrogens with zero attached hydrogens (tertiary/aromatic N) is 3. The predicted molar refractivity (Wildman–Crippen MR) is 94.4 cm³/mol. The van der Waals surface area contributed by atoms with Crippen LogP contribution in [0.15, 0.2) is 46.6 Å². The van der Waals surface area contributed by atoms with Crippen molar-refractivity contribution in [2.45, 2.75) is 20.4 Å². The van der Waals surface area contributed by atoms with E-state index in [1.54, 1.807) is 24.3 Å². The summed E-state index contributed by atoms with van der Waals surface area (Å²) in [7, 11) is 0. The average Bonchev–Trinajstić information content (AvgIpc) is 3.02. The van der Waals surface area contributed by atoms with Crippen LogP contribution in [0.1, 0.15) is 22.4 Å². The van der Waals surface area contributed by atoms with Crippen molar-refractivity contribution < 1.29 is 4.79 Å². The summed E-state index contributed by atoms with van der Waals surface area (Å²) >= 11 is 1.58. The van der Waals surface area contributed by atoms with Gasteiger partial charge in [-0.3, -0.25) is 9.59 Å². The molecule has 0 unspecified atom stereocenters. The Morgan fingerprint density at radius 1 is 1.29 bits per heavy atom. The van der Waals surface area contributed by atoms with E-state index in [2.05, 4.69) is 15.4 Å². The fourth-order valence-corrected chi connectivity index (χ4v) is 2.87. The molecule has 7 heteroatoms. The van der Waals surface area contributed by atoms with Gasteiger partial charge in [0.25, 0.3) is 11.5 Å². The summed E-state index contributed by atoms with van der Waals surface area (Å²) in [5.74, 6) is -0.358. The van der Waals surface area contributed by atoms with Crippen molar-refractivity contribution in [3.05, 3.63) is 62.8 Å². The smallest absolute Gasteiger partial charge is 0.276 e. The fraction of sp³-hybridized carbons (Fsp3) is 0.176. The van der Waals surface area contributed by atoms with E-state index in [1.165, 1.54) is 16.8 Å². The van der Waals surface area contributed by atoms with Crippen molar-refractivity contribution in [2.24, 2.45) is 0 Å². The maximum atomic E-state index is 12.3. The lowest BCUT2D eigenvalue weighted by Crippen LogP contribution is -2.25. The van der Waals surface area contributed by atoms with Crippen molar-refractivity contribution in [3.63, 3.8) is 0 Å². The first-order chi connectivity index (χ1) is 11.6. The van der Waals surface area contributed by atoms with Crippen LogP contribution in [0.4, 0.5) is 5.69 Å². The molecule has 3 aromatic rings. The molecule has 1 aromatic carbocycles. The Kier molecular flexibility index (Phi) is 4.52. The van der Waals surface area contributed by atoms with Crippen LogP contribution in [0, 0.1) is 6.92 Å². The van der Waals surface area contributed by atoms with Gasteiger partial charge in [-0.25, -0.2) is 9.67 Å². The number of anilines is 1. The average molecular weight is 340 g/mol. The SMILES string of the molecule is CCn1nc(C(=O)Nc2cccc(-c3csc(C)n3)c2)ccc1=O. The first kappa shape index (κ1) is 16.1. The number of hydrogen-bond donors (Lipinski definition) is 1. The van der Waals surface area contributed by atoms with Crippen LogP contribution in [-0.2, 0) is 6.54 Å². The molecule has 0 radical (unpaired) electrons. The summed E-state index contributed by atoms with van der Waals surface area (Å²) in [6, 6.07) is 10.2. The van der Waals surface area contributed by atoms with Crippen LogP contribution in [0.5, 0.6) is 0 Å². The van der Waals surface area contributed by atoms with Crippen LogP contribution in [0.2, 0.25) is 0 Å². The molecule has 0 atom stereocenters. The highest BCUT2D eigenvalue weighted by Crippen LogP contribution is 2.24. The number of amides is 1. The molecule has 0 saturated heterocycles. The molecule has 0 aliphatic heterocycles. The molecule has 0 bridgehead atoms. The Morgan fingerprint density at radius 3 is 2.83 bits per heavy atom. The van der Waals surface area contributed by atoms with E-state index in [0.717, 1.165) is 16.3 Å². The summed E-state index contributed by atoms with van der Waals surface area (Å²) < 4.78 is 1.25. The van der Waals surface area contributed by atoms with Gasteiger partial charge >= 0.3 is 0 Å². The van der Waals surface area contributed by atoms with E-state index in [-0.39, 0.29) is 17.2 Å². The molecule has 2 aromatic heterocycles. The summed E-state index contributed by atoms with van der Waals surface area (Å²) in [6.07, 6.45) is 0. The van der Waals surface area contributed by atoms with E-state index in [9.17, 15) is 9.59 Å². The zero-order chi connectivity index (χ0) is 17.1. The van der Waals surface area contributed by atoms with Crippen LogP contribution in [0.3, 0.4) is 0 Å². The van der Waals surface area contributed by atoms with Gasteiger partial charge < -0.3 is 5.32 Å². The van der Waals surface area contributed by atoms with Crippen LogP contribution >= 0.6 is 11.3 Å². The number of carbonyl (C=O) groups is 1. The fourth-order valence-electron chi connectivity index (χ4n) is 2.24. The van der Waals surface area contributed by atoms with Gasteiger partial charge in [-0.1, -0.05) is 12.1 Å². The Labute approximate surface area is 142 Å². The molecule has 2 heterocycles. The van der Waals surface area contributed by atoms with Gasteiger partial charge in [0.15, 0.2) is 0 Å². The molecule has 24 heavy (non-hydrogen) atoms. The molecule has 0 saturated carbocycles. The van der Waals surface area contributed by atoms with Crippen molar-refractivity contribution in [1.82, 2.24) is 14.8 Å². The Morgan fingerprint density at radius 2 is 2.12 bits per heavy atom. The van der Waals surface area contributed by atoms with Crippen molar-refractivity contribution in [3.8, 4) is 11.3 Å². The highest BCUT2D eigenvalue weighted by Gasteiger charge is 2.10. The van der Waals surface area contributed by atoms with Gasteiger partial charge in [0, 0.05) is 29.2 Å². The topological polar surface area (TPSA) is 76.9 Å². The van der Waals surface area contributed by atoms with Crippen LogP contribution in [-0.4, -0.2) is 20.7 Å². The Hall–Kier alpha value is -2.80. The molecule has 1 N–H and O–H groups in total. The van der Waals surface area contributed by atoms with E-state index in [1.807, 2.05) is 30.5 Å². The van der Waals surface area contributed by atoms with E-state index in [4.69, 9.17) is 0 Å². The molecule has 0 aliphatic carbocycles. The molecule has 3 rings (SSSR count). The minimum absolute atomic E-state index is 0.200. The lowest BCUT2D eigenvalue weighted by Gasteiger charge is -2.07. The third-order valence-electron chi connectivity index (χ3n) is 3.43. The maximum absolute atomic E-state index is 12.3. The van der Waals surface area contributed by atoms with E-state index in [0.29, 0.717) is 12.2 Å². The number of carbonyl (C=O) groups excluding carboxylic acids is 1. The molecule has 0 aliphatic rings. The molecular weight excluding hydrogens is 324 g/mol. The predicted octanol–water partition coefficient (Wildman–Crippen LogP) is 2.95. The standard InChI is InChI=1S/C17H16N4O2S/c1-3-21-16(22)8-7-14(20-21)17(23)19-13-6-4-5-12(9-13)15-10-24-11(2)18-15/h4-10H,3H2,1-2H3,(H,19,23). The van der Waals surface area contributed by atoms with Gasteiger partial charge in [0.1, 0.15) is 5.69 Å². The highest BCUT2D eigenvalue weighted by atomic mass is 32.1. The summed E-state index contributed by atoms with van der Waals surface area (Å²) in [6.45, 7) is 4.17. The number of aryl methyl sites for hydroxylation is 2. The highest BCUT2D eigenvalue weighted by molar-refractivity contribution is 7.09. The largest absolute Gasteiger partial charge is 0.321 e. The third kappa shape index (κ3) is 3.41. The number of aromatic nitrogens is 3. The number of thiazole rings is 1. The normalized spacial score (nSPS) is 10.6. The first-order valence-corrected chi connectivity index (χ1v) is 8.37. The minimum atomic E-state index is -0.358. The summed E-state index contributed by atoms with van der Waals surface area (Å²) in [5, 5.41) is 9.83. The van der Waals surface area contributed by atoms with Gasteiger partial charge in [-0.05, 0) is 32.0 Å². The second-order valence-electron chi connectivity index (χ2n) is 5.16. The van der Waals surface area contributed by atoms with Crippen molar-refractivity contribution in [1.29, 1.82) is 0 Å². The second-order valence-corrected chi connectivity index (χ2v) is 6.22. The van der Waals surface area contributed by atoms with E-state index < -0.39 is 0 Å². The lowest BCUT2D eigenvalue weighted by molar-refractivity contribution is 0.102. The molecule has 1 amide bonds. The molecular formula is C17H16N4O2S. The minimum Gasteiger partial charge on any atom is -0.321 e. The first-order valence-electron chi connectivity index (χ1n) is 7.49. The number of nitrogens with one attached hydrogen (secondary N) is 1. The van der Waals surface area contributed by atoms with Gasteiger partial charge in [-0.2, -0.15) is 5.10 Å². The van der Waals surface area contributed by atoms with Crippen LogP contribution < -0.4 is 10.9 Å². The number of benzene rings is 1. The van der Waals surface area contributed by atoms with Gasteiger partial charge in [0.2, 0.25) is 0 Å². The quantitative estimate of drug-likeness (QED) is 0.792. The third-order valence-corrected chi connectivity index (χ3v) is 4.21. The van der Waals surface area contributed by atoms with Gasteiger partial charge in [0.05, 0.1) is 10.7 Å². The van der Waals surface area contributed by atoms with Crippen molar-refractivity contribution >= 4 is 22.9 Å². The number of rotatable bonds is 4. The van der Waals surface area contributed by atoms with Crippen molar-refractivity contribution in [2.75, 3.05) is 5.32 Å².